The molecule has 0 aliphatic rings. The Labute approximate surface area is 107 Å². The molecule has 1 N–H and O–H groups in total. The Bertz CT molecular complexity index is 136. The van der Waals surface area contributed by atoms with Crippen LogP contribution < -0.4 is 5.32 Å². The minimum absolute atomic E-state index is 0.0786. The van der Waals surface area contributed by atoms with Crippen LogP contribution in [0.1, 0.15) is 59.3 Å². The Morgan fingerprint density at radius 2 is 1.41 bits per heavy atom. The van der Waals surface area contributed by atoms with Crippen LogP contribution in [0.5, 0.6) is 0 Å². The quantitative estimate of drug-likeness (QED) is 0.399. The van der Waals surface area contributed by atoms with Gasteiger partial charge in [-0.3, -0.25) is 0 Å². The Hall–Kier alpha value is -0.120. The fourth-order valence-electron chi connectivity index (χ4n) is 1.79. The van der Waals surface area contributed by atoms with Gasteiger partial charge in [0, 0.05) is 19.8 Å². The smallest absolute Gasteiger partial charge is 0.169 e. The molecule has 0 aliphatic carbocycles. The van der Waals surface area contributed by atoms with Crippen LogP contribution >= 0.6 is 0 Å². The monoisotopic (exact) mass is 245 g/mol. The predicted octanol–water partition coefficient (Wildman–Crippen LogP) is 3.34. The van der Waals surface area contributed by atoms with Crippen LogP contribution in [-0.4, -0.2) is 32.6 Å². The molecule has 0 atom stereocenters. The Morgan fingerprint density at radius 1 is 0.824 bits per heavy atom. The van der Waals surface area contributed by atoms with Crippen LogP contribution in [0.4, 0.5) is 0 Å². The number of hydrogen-bond donors (Lipinski definition) is 1. The van der Waals surface area contributed by atoms with Gasteiger partial charge in [0.15, 0.2) is 6.29 Å². The summed E-state index contributed by atoms with van der Waals surface area (Å²) >= 11 is 0. The van der Waals surface area contributed by atoms with Crippen LogP contribution in [0, 0.1) is 0 Å². The van der Waals surface area contributed by atoms with E-state index in [1.165, 1.54) is 38.5 Å². The van der Waals surface area contributed by atoms with Crippen LogP contribution in [0.3, 0.4) is 0 Å². The summed E-state index contributed by atoms with van der Waals surface area (Å²) in [5.74, 6) is 0. The van der Waals surface area contributed by atoms with Crippen LogP contribution in [-0.2, 0) is 9.47 Å². The zero-order valence-electron chi connectivity index (χ0n) is 12.0. The zero-order chi connectivity index (χ0) is 12.8. The highest BCUT2D eigenvalue weighted by atomic mass is 16.7. The third-order valence-electron chi connectivity index (χ3n) is 2.72. The molecule has 0 rings (SSSR count). The van der Waals surface area contributed by atoms with Gasteiger partial charge in [-0.05, 0) is 26.8 Å². The normalized spacial score (nSPS) is 11.3. The van der Waals surface area contributed by atoms with Crippen molar-refractivity contribution in [2.45, 2.75) is 65.6 Å². The number of unbranched alkanes of at least 4 members (excludes halogenated alkanes) is 5. The molecule has 0 bridgehead atoms. The summed E-state index contributed by atoms with van der Waals surface area (Å²) in [6.45, 7) is 9.55. The fourth-order valence-corrected chi connectivity index (χ4v) is 1.79. The molecule has 3 heteroatoms. The van der Waals surface area contributed by atoms with Crippen molar-refractivity contribution in [1.82, 2.24) is 5.32 Å². The average molecular weight is 245 g/mol. The molecule has 0 aromatic carbocycles. The molecular formula is C14H31NO2. The first-order valence-electron chi connectivity index (χ1n) is 7.29. The standard InChI is InChI=1S/C14H31NO2/c1-4-7-8-9-10-11-12-15-13-14(16-5-2)17-6-3/h14-15H,4-13H2,1-3H3. The lowest BCUT2D eigenvalue weighted by molar-refractivity contribution is -0.132. The number of rotatable bonds is 13. The zero-order valence-corrected chi connectivity index (χ0v) is 12.0. The summed E-state index contributed by atoms with van der Waals surface area (Å²) < 4.78 is 10.9. The molecule has 0 amide bonds. The highest BCUT2D eigenvalue weighted by Crippen LogP contribution is 2.04. The van der Waals surface area contributed by atoms with E-state index in [9.17, 15) is 0 Å². The minimum atomic E-state index is -0.0786. The molecule has 17 heavy (non-hydrogen) atoms. The van der Waals surface area contributed by atoms with E-state index < -0.39 is 0 Å². The van der Waals surface area contributed by atoms with E-state index in [1.807, 2.05) is 13.8 Å². The van der Waals surface area contributed by atoms with Crippen molar-refractivity contribution in [2.75, 3.05) is 26.3 Å². The predicted molar refractivity (Wildman–Crippen MR) is 73.3 cm³/mol. The van der Waals surface area contributed by atoms with Crippen LogP contribution in [0.25, 0.3) is 0 Å². The van der Waals surface area contributed by atoms with E-state index >= 15 is 0 Å². The van der Waals surface area contributed by atoms with Crippen molar-refractivity contribution >= 4 is 0 Å². The fraction of sp³-hybridized carbons (Fsp3) is 1.00. The van der Waals surface area contributed by atoms with Gasteiger partial charge in [0.2, 0.25) is 0 Å². The molecule has 0 aromatic rings. The number of nitrogens with one attached hydrogen (secondary N) is 1. The highest BCUT2D eigenvalue weighted by Gasteiger charge is 2.05. The van der Waals surface area contributed by atoms with Gasteiger partial charge in [-0.1, -0.05) is 39.0 Å². The topological polar surface area (TPSA) is 30.5 Å². The van der Waals surface area contributed by atoms with Crippen molar-refractivity contribution in [3.05, 3.63) is 0 Å². The maximum absolute atomic E-state index is 5.46. The van der Waals surface area contributed by atoms with E-state index in [-0.39, 0.29) is 6.29 Å². The lowest BCUT2D eigenvalue weighted by Gasteiger charge is -2.17. The van der Waals surface area contributed by atoms with Gasteiger partial charge in [-0.15, -0.1) is 0 Å². The summed E-state index contributed by atoms with van der Waals surface area (Å²) in [6, 6.07) is 0. The maximum Gasteiger partial charge on any atom is 0.169 e. The summed E-state index contributed by atoms with van der Waals surface area (Å²) in [6.07, 6.45) is 7.97. The van der Waals surface area contributed by atoms with Gasteiger partial charge in [0.25, 0.3) is 0 Å². The molecule has 0 fully saturated rings. The second kappa shape index (κ2) is 13.9. The van der Waals surface area contributed by atoms with Gasteiger partial charge in [-0.25, -0.2) is 0 Å². The number of ether oxygens (including phenoxy) is 2. The Balaban J connectivity index is 3.23. The van der Waals surface area contributed by atoms with E-state index in [1.54, 1.807) is 0 Å². The van der Waals surface area contributed by atoms with Gasteiger partial charge >= 0.3 is 0 Å². The van der Waals surface area contributed by atoms with Crippen molar-refractivity contribution in [3.8, 4) is 0 Å². The van der Waals surface area contributed by atoms with Crippen molar-refractivity contribution in [3.63, 3.8) is 0 Å². The second-order valence-corrected chi connectivity index (χ2v) is 4.31. The summed E-state index contributed by atoms with van der Waals surface area (Å²) in [4.78, 5) is 0. The van der Waals surface area contributed by atoms with Crippen LogP contribution in [0.15, 0.2) is 0 Å². The van der Waals surface area contributed by atoms with Gasteiger partial charge in [0.05, 0.1) is 0 Å². The molecule has 3 nitrogen and oxygen atoms in total. The third kappa shape index (κ3) is 12.1. The van der Waals surface area contributed by atoms with E-state index in [0.717, 1.165) is 13.1 Å². The molecule has 0 saturated heterocycles. The molecule has 0 aliphatic heterocycles. The lowest BCUT2D eigenvalue weighted by Crippen LogP contribution is -2.32. The van der Waals surface area contributed by atoms with Gasteiger partial charge in [-0.2, -0.15) is 0 Å². The SMILES string of the molecule is CCCCCCCCNCC(OCC)OCC. The van der Waals surface area contributed by atoms with Gasteiger partial charge in [0.1, 0.15) is 0 Å². The number of hydrogen-bond acceptors (Lipinski definition) is 3. The maximum atomic E-state index is 5.46. The lowest BCUT2D eigenvalue weighted by atomic mass is 10.1. The molecule has 0 unspecified atom stereocenters. The van der Waals surface area contributed by atoms with E-state index in [0.29, 0.717) is 13.2 Å². The average Bonchev–Trinajstić information content (AvgIpc) is 2.33. The molecule has 0 radical (unpaired) electrons. The first-order chi connectivity index (χ1) is 8.35. The summed E-state index contributed by atoms with van der Waals surface area (Å²) in [7, 11) is 0. The first kappa shape index (κ1) is 16.9. The Kier molecular flexibility index (Phi) is 13.8. The van der Waals surface area contributed by atoms with Gasteiger partial charge < -0.3 is 14.8 Å². The molecule has 0 saturated carbocycles. The van der Waals surface area contributed by atoms with E-state index in [2.05, 4.69) is 12.2 Å². The van der Waals surface area contributed by atoms with Crippen molar-refractivity contribution < 1.29 is 9.47 Å². The van der Waals surface area contributed by atoms with Crippen molar-refractivity contribution in [2.24, 2.45) is 0 Å². The molecule has 0 spiro atoms. The summed E-state index contributed by atoms with van der Waals surface area (Å²) in [5, 5.41) is 3.40. The molecule has 104 valence electrons. The Morgan fingerprint density at radius 3 is 2.00 bits per heavy atom. The first-order valence-corrected chi connectivity index (χ1v) is 7.29. The molecule has 0 aromatic heterocycles. The minimum Gasteiger partial charge on any atom is -0.352 e. The second-order valence-electron chi connectivity index (χ2n) is 4.31. The molecule has 0 heterocycles. The van der Waals surface area contributed by atoms with Crippen molar-refractivity contribution in [1.29, 1.82) is 0 Å². The van der Waals surface area contributed by atoms with Crippen LogP contribution in [0.2, 0.25) is 0 Å². The van der Waals surface area contributed by atoms with E-state index in [4.69, 9.17) is 9.47 Å². The summed E-state index contributed by atoms with van der Waals surface area (Å²) in [5.41, 5.74) is 0. The largest absolute Gasteiger partial charge is 0.352 e. The highest BCUT2D eigenvalue weighted by molar-refractivity contribution is 4.53. The third-order valence-corrected chi connectivity index (χ3v) is 2.72. The molecular weight excluding hydrogens is 214 g/mol.